The Labute approximate surface area is 102 Å². The first-order chi connectivity index (χ1) is 8.31. The minimum atomic E-state index is 0.859. The lowest BCUT2D eigenvalue weighted by molar-refractivity contribution is 0.580. The van der Waals surface area contributed by atoms with Crippen molar-refractivity contribution in [1.29, 1.82) is 0 Å². The van der Waals surface area contributed by atoms with E-state index in [1.54, 1.807) is 0 Å². The first-order valence-electron chi connectivity index (χ1n) is 6.41. The number of nitrogens with zero attached hydrogens (tertiary/aromatic N) is 1. The van der Waals surface area contributed by atoms with Crippen molar-refractivity contribution in [2.45, 2.75) is 32.9 Å². The highest BCUT2D eigenvalue weighted by Gasteiger charge is 2.18. The summed E-state index contributed by atoms with van der Waals surface area (Å²) in [5.41, 5.74) is 11.1. The zero-order chi connectivity index (χ0) is 11.8. The summed E-state index contributed by atoms with van der Waals surface area (Å²) in [5, 5.41) is 4.86. The van der Waals surface area contributed by atoms with Gasteiger partial charge in [-0.05, 0) is 37.1 Å². The van der Waals surface area contributed by atoms with Crippen LogP contribution >= 0.6 is 0 Å². The van der Waals surface area contributed by atoms with Crippen molar-refractivity contribution in [2.24, 2.45) is 0 Å². The van der Waals surface area contributed by atoms with Crippen molar-refractivity contribution in [1.82, 2.24) is 9.88 Å². The average molecular weight is 229 g/mol. The molecule has 2 heterocycles. The second kappa shape index (κ2) is 4.08. The van der Waals surface area contributed by atoms with Crippen molar-refractivity contribution in [3.63, 3.8) is 0 Å². The molecule has 0 saturated carbocycles. The van der Waals surface area contributed by atoms with Gasteiger partial charge in [-0.15, -0.1) is 0 Å². The first kappa shape index (κ1) is 10.7. The number of fused-ring (bicyclic) bond motifs is 3. The van der Waals surface area contributed by atoms with E-state index in [4.69, 9.17) is 5.73 Å². The van der Waals surface area contributed by atoms with Crippen LogP contribution in [0.15, 0.2) is 18.2 Å². The van der Waals surface area contributed by atoms with Gasteiger partial charge < -0.3 is 15.6 Å². The van der Waals surface area contributed by atoms with Crippen LogP contribution in [-0.4, -0.2) is 11.1 Å². The van der Waals surface area contributed by atoms with Crippen LogP contribution in [0.25, 0.3) is 10.9 Å². The van der Waals surface area contributed by atoms with Gasteiger partial charge in [-0.1, -0.05) is 13.0 Å². The van der Waals surface area contributed by atoms with Gasteiger partial charge in [-0.3, -0.25) is 0 Å². The number of hydrogen-bond donors (Lipinski definition) is 2. The molecule has 90 valence electrons. The number of aromatic nitrogens is 1. The average Bonchev–Trinajstić information content (AvgIpc) is 2.65. The van der Waals surface area contributed by atoms with Crippen LogP contribution in [0.5, 0.6) is 0 Å². The molecular weight excluding hydrogens is 210 g/mol. The van der Waals surface area contributed by atoms with Gasteiger partial charge in [-0.2, -0.15) is 0 Å². The summed E-state index contributed by atoms with van der Waals surface area (Å²) in [5.74, 6) is 0. The summed E-state index contributed by atoms with van der Waals surface area (Å²) < 4.78 is 2.44. The number of nitrogens with one attached hydrogen (secondary N) is 1. The molecule has 17 heavy (non-hydrogen) atoms. The van der Waals surface area contributed by atoms with Gasteiger partial charge in [0.2, 0.25) is 0 Å². The molecule has 0 radical (unpaired) electrons. The van der Waals surface area contributed by atoms with Gasteiger partial charge in [0.15, 0.2) is 0 Å². The summed E-state index contributed by atoms with van der Waals surface area (Å²) in [6.07, 6.45) is 2.29. The van der Waals surface area contributed by atoms with Crippen molar-refractivity contribution < 1.29 is 0 Å². The lowest BCUT2D eigenvalue weighted by Crippen LogP contribution is -2.25. The molecule has 0 unspecified atom stereocenters. The number of hydrogen-bond acceptors (Lipinski definition) is 2. The third-order valence-electron chi connectivity index (χ3n) is 3.60. The SMILES string of the molecule is CCCn1c2c(c3ccc(N)cc31)CCNC2. The van der Waals surface area contributed by atoms with E-state index < -0.39 is 0 Å². The molecule has 2 aromatic rings. The molecule has 0 atom stereocenters. The predicted octanol–water partition coefficient (Wildman–Crippen LogP) is 2.28. The van der Waals surface area contributed by atoms with E-state index in [0.29, 0.717) is 0 Å². The Morgan fingerprint density at radius 2 is 2.29 bits per heavy atom. The summed E-state index contributed by atoms with van der Waals surface area (Å²) in [6.45, 7) is 5.38. The summed E-state index contributed by atoms with van der Waals surface area (Å²) in [6, 6.07) is 6.31. The maximum Gasteiger partial charge on any atom is 0.0506 e. The highest BCUT2D eigenvalue weighted by molar-refractivity contribution is 5.88. The number of benzene rings is 1. The van der Waals surface area contributed by atoms with Gasteiger partial charge in [0.1, 0.15) is 0 Å². The third-order valence-corrected chi connectivity index (χ3v) is 3.60. The molecule has 0 aliphatic carbocycles. The standard InChI is InChI=1S/C14H19N3/c1-2-7-17-13-8-10(15)3-4-11(13)12-5-6-16-9-14(12)17/h3-4,8,16H,2,5-7,9,15H2,1H3. The molecule has 0 spiro atoms. The predicted molar refractivity (Wildman–Crippen MR) is 72.1 cm³/mol. The minimum Gasteiger partial charge on any atom is -0.399 e. The third kappa shape index (κ3) is 1.62. The number of anilines is 1. The van der Waals surface area contributed by atoms with Crippen molar-refractivity contribution in [2.75, 3.05) is 12.3 Å². The van der Waals surface area contributed by atoms with E-state index in [0.717, 1.165) is 38.2 Å². The van der Waals surface area contributed by atoms with Crippen LogP contribution in [0.4, 0.5) is 5.69 Å². The zero-order valence-electron chi connectivity index (χ0n) is 10.3. The Hall–Kier alpha value is -1.48. The summed E-state index contributed by atoms with van der Waals surface area (Å²) >= 11 is 0. The fourth-order valence-corrected chi connectivity index (χ4v) is 2.87. The smallest absolute Gasteiger partial charge is 0.0506 e. The molecule has 3 rings (SSSR count). The molecule has 0 bridgehead atoms. The Kier molecular flexibility index (Phi) is 2.56. The topological polar surface area (TPSA) is 43.0 Å². The Balaban J connectivity index is 2.29. The van der Waals surface area contributed by atoms with Gasteiger partial charge in [0.25, 0.3) is 0 Å². The van der Waals surface area contributed by atoms with Crippen LogP contribution in [-0.2, 0) is 19.5 Å². The Morgan fingerprint density at radius 3 is 3.12 bits per heavy atom. The van der Waals surface area contributed by atoms with Crippen LogP contribution in [0, 0.1) is 0 Å². The molecular formula is C14H19N3. The van der Waals surface area contributed by atoms with Crippen LogP contribution in [0.1, 0.15) is 24.6 Å². The Bertz CT molecular complexity index is 554. The molecule has 1 aliphatic heterocycles. The van der Waals surface area contributed by atoms with Crippen LogP contribution in [0.2, 0.25) is 0 Å². The molecule has 1 aliphatic rings. The Morgan fingerprint density at radius 1 is 1.41 bits per heavy atom. The number of rotatable bonds is 2. The van der Waals surface area contributed by atoms with Gasteiger partial charge in [-0.25, -0.2) is 0 Å². The van der Waals surface area contributed by atoms with Crippen molar-refractivity contribution >= 4 is 16.6 Å². The maximum atomic E-state index is 5.92. The van der Waals surface area contributed by atoms with Gasteiger partial charge in [0.05, 0.1) is 5.52 Å². The fourth-order valence-electron chi connectivity index (χ4n) is 2.87. The quantitative estimate of drug-likeness (QED) is 0.776. The van der Waals surface area contributed by atoms with E-state index >= 15 is 0 Å². The van der Waals surface area contributed by atoms with Crippen LogP contribution < -0.4 is 11.1 Å². The van der Waals surface area contributed by atoms with E-state index in [-0.39, 0.29) is 0 Å². The summed E-state index contributed by atoms with van der Waals surface area (Å²) in [4.78, 5) is 0. The molecule has 0 saturated heterocycles. The maximum absolute atomic E-state index is 5.92. The van der Waals surface area contributed by atoms with Crippen LogP contribution in [0.3, 0.4) is 0 Å². The molecule has 3 nitrogen and oxygen atoms in total. The second-order valence-electron chi connectivity index (χ2n) is 4.78. The van der Waals surface area contributed by atoms with Gasteiger partial charge in [0, 0.05) is 29.9 Å². The second-order valence-corrected chi connectivity index (χ2v) is 4.78. The highest BCUT2D eigenvalue weighted by Crippen LogP contribution is 2.30. The first-order valence-corrected chi connectivity index (χ1v) is 6.41. The molecule has 1 aromatic heterocycles. The molecule has 0 fully saturated rings. The number of nitrogen functional groups attached to an aromatic ring is 1. The normalized spacial score (nSPS) is 15.1. The monoisotopic (exact) mass is 229 g/mol. The van der Waals surface area contributed by atoms with E-state index in [1.807, 2.05) is 6.07 Å². The largest absolute Gasteiger partial charge is 0.399 e. The van der Waals surface area contributed by atoms with E-state index in [2.05, 4.69) is 28.9 Å². The highest BCUT2D eigenvalue weighted by atomic mass is 15.0. The number of nitrogens with two attached hydrogens (primary N) is 1. The molecule has 3 heteroatoms. The lowest BCUT2D eigenvalue weighted by atomic mass is 10.0. The number of aryl methyl sites for hydroxylation is 1. The molecule has 3 N–H and O–H groups in total. The van der Waals surface area contributed by atoms with Crippen molar-refractivity contribution in [3.05, 3.63) is 29.5 Å². The lowest BCUT2D eigenvalue weighted by Gasteiger charge is -2.16. The minimum absolute atomic E-state index is 0.859. The van der Waals surface area contributed by atoms with Gasteiger partial charge >= 0.3 is 0 Å². The molecule has 1 aromatic carbocycles. The fraction of sp³-hybridized carbons (Fsp3) is 0.429. The van der Waals surface area contributed by atoms with Crippen molar-refractivity contribution in [3.8, 4) is 0 Å². The molecule has 0 amide bonds. The zero-order valence-corrected chi connectivity index (χ0v) is 10.3. The van der Waals surface area contributed by atoms with E-state index in [1.165, 1.54) is 22.2 Å². The van der Waals surface area contributed by atoms with E-state index in [9.17, 15) is 0 Å². The summed E-state index contributed by atoms with van der Waals surface area (Å²) in [7, 11) is 0.